The molecule has 4 heterocycles. The van der Waals surface area contributed by atoms with Crippen molar-refractivity contribution in [1.82, 2.24) is 14.9 Å². The molecule has 26 heavy (non-hydrogen) atoms. The molecular weight excluding hydrogens is 322 g/mol. The van der Waals surface area contributed by atoms with Crippen LogP contribution in [-0.2, 0) is 6.42 Å². The Labute approximate surface area is 155 Å². The van der Waals surface area contributed by atoms with E-state index in [2.05, 4.69) is 48.9 Å². The highest BCUT2D eigenvalue weighted by Gasteiger charge is 2.25. The zero-order chi connectivity index (χ0) is 18.1. The monoisotopic (exact) mass is 349 g/mol. The number of aromatic nitrogens is 2. The smallest absolute Gasteiger partial charge is 0.152 e. The molecule has 0 bridgehead atoms. The SMILES string of the molecule is Cc1cc(C[C@H]2CCCN(C(C)c3ccc4occc4n3)C2)cc(C)n1. The molecule has 2 atom stereocenters. The van der Waals surface area contributed by atoms with Crippen molar-refractivity contribution in [2.45, 2.75) is 46.1 Å². The van der Waals surface area contributed by atoms with Crippen molar-refractivity contribution in [3.63, 3.8) is 0 Å². The van der Waals surface area contributed by atoms with E-state index in [1.54, 1.807) is 6.26 Å². The van der Waals surface area contributed by atoms with Crippen LogP contribution in [0, 0.1) is 19.8 Å². The summed E-state index contributed by atoms with van der Waals surface area (Å²) in [5, 5.41) is 0. The second kappa shape index (κ2) is 7.20. The van der Waals surface area contributed by atoms with Gasteiger partial charge in [-0.25, -0.2) is 4.98 Å². The molecule has 1 fully saturated rings. The van der Waals surface area contributed by atoms with Crippen LogP contribution in [0.4, 0.5) is 0 Å². The van der Waals surface area contributed by atoms with Gasteiger partial charge in [0.25, 0.3) is 0 Å². The van der Waals surface area contributed by atoms with Crippen molar-refractivity contribution in [1.29, 1.82) is 0 Å². The van der Waals surface area contributed by atoms with Crippen LogP contribution in [0.15, 0.2) is 41.0 Å². The fraction of sp³-hybridized carbons (Fsp3) is 0.455. The molecule has 1 saturated heterocycles. The highest BCUT2D eigenvalue weighted by Crippen LogP contribution is 2.29. The Morgan fingerprint density at radius 2 is 1.96 bits per heavy atom. The number of rotatable bonds is 4. The van der Waals surface area contributed by atoms with E-state index in [0.29, 0.717) is 12.0 Å². The number of likely N-dealkylation sites (tertiary alicyclic amines) is 1. The third-order valence-electron chi connectivity index (χ3n) is 5.52. The summed E-state index contributed by atoms with van der Waals surface area (Å²) in [6, 6.07) is 10.9. The van der Waals surface area contributed by atoms with Crippen LogP contribution in [0.25, 0.3) is 11.1 Å². The van der Waals surface area contributed by atoms with Gasteiger partial charge in [-0.15, -0.1) is 0 Å². The first kappa shape index (κ1) is 17.2. The molecule has 0 radical (unpaired) electrons. The molecule has 4 rings (SSSR count). The molecule has 0 amide bonds. The molecule has 1 unspecified atom stereocenters. The zero-order valence-electron chi connectivity index (χ0n) is 15.9. The summed E-state index contributed by atoms with van der Waals surface area (Å²) in [7, 11) is 0. The Morgan fingerprint density at radius 3 is 2.77 bits per heavy atom. The van der Waals surface area contributed by atoms with E-state index in [1.807, 2.05) is 12.1 Å². The van der Waals surface area contributed by atoms with Crippen LogP contribution >= 0.6 is 0 Å². The molecule has 0 aromatic carbocycles. The van der Waals surface area contributed by atoms with Gasteiger partial charge >= 0.3 is 0 Å². The van der Waals surface area contributed by atoms with Gasteiger partial charge in [0.15, 0.2) is 5.58 Å². The Balaban J connectivity index is 1.47. The number of pyridine rings is 2. The van der Waals surface area contributed by atoms with Crippen molar-refractivity contribution in [2.75, 3.05) is 13.1 Å². The molecule has 0 aliphatic carbocycles. The lowest BCUT2D eigenvalue weighted by molar-refractivity contribution is 0.129. The molecule has 0 spiro atoms. The highest BCUT2D eigenvalue weighted by molar-refractivity contribution is 5.72. The Kier molecular flexibility index (Phi) is 4.77. The first-order valence-corrected chi connectivity index (χ1v) is 9.61. The zero-order valence-corrected chi connectivity index (χ0v) is 15.9. The largest absolute Gasteiger partial charge is 0.463 e. The van der Waals surface area contributed by atoms with Crippen molar-refractivity contribution >= 4 is 11.1 Å². The van der Waals surface area contributed by atoms with E-state index in [4.69, 9.17) is 9.40 Å². The topological polar surface area (TPSA) is 42.2 Å². The maximum atomic E-state index is 5.42. The van der Waals surface area contributed by atoms with Crippen LogP contribution in [0.5, 0.6) is 0 Å². The van der Waals surface area contributed by atoms with Gasteiger partial charge in [0.2, 0.25) is 0 Å². The molecule has 4 heteroatoms. The normalized spacial score (nSPS) is 19.7. The molecule has 1 aliphatic rings. The second-order valence-corrected chi connectivity index (χ2v) is 7.68. The Bertz CT molecular complexity index is 881. The van der Waals surface area contributed by atoms with Crippen LogP contribution in [-0.4, -0.2) is 28.0 Å². The maximum Gasteiger partial charge on any atom is 0.152 e. The quantitative estimate of drug-likeness (QED) is 0.675. The summed E-state index contributed by atoms with van der Waals surface area (Å²) in [5.74, 6) is 0.699. The lowest BCUT2D eigenvalue weighted by atomic mass is 9.90. The van der Waals surface area contributed by atoms with Crippen LogP contribution in [0.3, 0.4) is 0 Å². The standard InChI is InChI=1S/C22H27N3O/c1-15-11-19(12-16(2)23-15)13-18-5-4-9-25(14-18)17(3)20-6-7-22-21(24-20)8-10-26-22/h6-8,10-12,17-18H,4-5,9,13-14H2,1-3H3/t17?,18-/m1/s1. The van der Waals surface area contributed by atoms with Crippen LogP contribution < -0.4 is 0 Å². The molecule has 3 aromatic heterocycles. The van der Waals surface area contributed by atoms with Gasteiger partial charge in [-0.05, 0) is 82.3 Å². The van der Waals surface area contributed by atoms with E-state index < -0.39 is 0 Å². The number of piperidine rings is 1. The third kappa shape index (κ3) is 3.65. The minimum absolute atomic E-state index is 0.331. The molecule has 0 saturated carbocycles. The van der Waals surface area contributed by atoms with Gasteiger partial charge in [0.1, 0.15) is 5.52 Å². The average Bonchev–Trinajstić information content (AvgIpc) is 3.08. The molecule has 1 aliphatic heterocycles. The van der Waals surface area contributed by atoms with E-state index in [-0.39, 0.29) is 0 Å². The summed E-state index contributed by atoms with van der Waals surface area (Å²) >= 11 is 0. The van der Waals surface area contributed by atoms with Gasteiger partial charge in [-0.2, -0.15) is 0 Å². The minimum atomic E-state index is 0.331. The molecule has 0 N–H and O–H groups in total. The first-order chi connectivity index (χ1) is 12.6. The van der Waals surface area contributed by atoms with Gasteiger partial charge in [0.05, 0.1) is 12.0 Å². The van der Waals surface area contributed by atoms with Crippen molar-refractivity contribution < 1.29 is 4.42 Å². The van der Waals surface area contributed by atoms with E-state index in [0.717, 1.165) is 47.7 Å². The third-order valence-corrected chi connectivity index (χ3v) is 5.52. The van der Waals surface area contributed by atoms with Gasteiger partial charge in [-0.3, -0.25) is 9.88 Å². The Morgan fingerprint density at radius 1 is 1.15 bits per heavy atom. The van der Waals surface area contributed by atoms with E-state index >= 15 is 0 Å². The fourth-order valence-corrected chi connectivity index (χ4v) is 4.28. The maximum absolute atomic E-state index is 5.42. The van der Waals surface area contributed by atoms with Gasteiger partial charge in [-0.1, -0.05) is 0 Å². The lowest BCUT2D eigenvalue weighted by Gasteiger charge is -2.36. The molecule has 136 valence electrons. The Hall–Kier alpha value is -2.20. The first-order valence-electron chi connectivity index (χ1n) is 9.61. The molecule has 4 nitrogen and oxygen atoms in total. The number of nitrogens with zero attached hydrogens (tertiary/aromatic N) is 3. The lowest BCUT2D eigenvalue weighted by Crippen LogP contribution is -2.38. The van der Waals surface area contributed by atoms with E-state index in [9.17, 15) is 0 Å². The number of fused-ring (bicyclic) bond motifs is 1. The highest BCUT2D eigenvalue weighted by atomic mass is 16.3. The van der Waals surface area contributed by atoms with Crippen LogP contribution in [0.2, 0.25) is 0 Å². The number of hydrogen-bond donors (Lipinski definition) is 0. The minimum Gasteiger partial charge on any atom is -0.463 e. The summed E-state index contributed by atoms with van der Waals surface area (Å²) in [6.07, 6.45) is 5.41. The van der Waals surface area contributed by atoms with Crippen molar-refractivity contribution in [3.05, 3.63) is 59.2 Å². The van der Waals surface area contributed by atoms with Crippen molar-refractivity contribution in [2.24, 2.45) is 5.92 Å². The molecule has 3 aromatic rings. The fourth-order valence-electron chi connectivity index (χ4n) is 4.28. The predicted molar refractivity (Wildman–Crippen MR) is 104 cm³/mol. The van der Waals surface area contributed by atoms with Gasteiger partial charge in [0, 0.05) is 30.0 Å². The number of hydrogen-bond acceptors (Lipinski definition) is 4. The van der Waals surface area contributed by atoms with Crippen LogP contribution in [0.1, 0.15) is 48.5 Å². The summed E-state index contributed by atoms with van der Waals surface area (Å²) in [4.78, 5) is 11.9. The second-order valence-electron chi connectivity index (χ2n) is 7.68. The van der Waals surface area contributed by atoms with E-state index in [1.165, 1.54) is 18.4 Å². The summed E-state index contributed by atoms with van der Waals surface area (Å²) in [6.45, 7) is 8.73. The number of furan rings is 1. The predicted octanol–water partition coefficient (Wildman–Crippen LogP) is 4.86. The van der Waals surface area contributed by atoms with Crippen molar-refractivity contribution in [3.8, 4) is 0 Å². The number of aryl methyl sites for hydroxylation is 2. The van der Waals surface area contributed by atoms with Gasteiger partial charge < -0.3 is 4.42 Å². The average molecular weight is 349 g/mol. The summed E-state index contributed by atoms with van der Waals surface area (Å²) < 4.78 is 5.42. The molecular formula is C22H27N3O. The summed E-state index contributed by atoms with van der Waals surface area (Å²) in [5.41, 5.74) is 6.62.